The van der Waals surface area contributed by atoms with E-state index in [1.165, 1.54) is 12.4 Å². The highest BCUT2D eigenvalue weighted by molar-refractivity contribution is 6.31. The van der Waals surface area contributed by atoms with Crippen LogP contribution in [-0.4, -0.2) is 48.1 Å². The molecule has 1 saturated carbocycles. The van der Waals surface area contributed by atoms with Gasteiger partial charge in [-0.05, 0) is 31.4 Å². The Morgan fingerprint density at radius 2 is 1.90 bits per heavy atom. The number of hydrogen-bond acceptors (Lipinski definition) is 7. The summed E-state index contributed by atoms with van der Waals surface area (Å²) >= 11 is 5.71. The van der Waals surface area contributed by atoms with Crippen LogP contribution in [0.15, 0.2) is 49.3 Å². The number of rotatable bonds is 6. The second-order valence-corrected chi connectivity index (χ2v) is 10.2. The summed E-state index contributed by atoms with van der Waals surface area (Å²) < 4.78 is 56.8. The van der Waals surface area contributed by atoms with Gasteiger partial charge in [-0.1, -0.05) is 11.6 Å². The molecule has 3 unspecified atom stereocenters. The van der Waals surface area contributed by atoms with Gasteiger partial charge in [-0.15, -0.1) is 0 Å². The van der Waals surface area contributed by atoms with Crippen molar-refractivity contribution in [3.63, 3.8) is 0 Å². The summed E-state index contributed by atoms with van der Waals surface area (Å²) in [4.78, 5) is 43.1. The first-order valence-electron chi connectivity index (χ1n) is 12.4. The van der Waals surface area contributed by atoms with Crippen LogP contribution in [0.25, 0.3) is 11.3 Å². The molecule has 210 valence electrons. The Balaban J connectivity index is 1.17. The topological polar surface area (TPSA) is 119 Å². The summed E-state index contributed by atoms with van der Waals surface area (Å²) in [7, 11) is 0. The van der Waals surface area contributed by atoms with Crippen LogP contribution in [0.1, 0.15) is 41.0 Å². The van der Waals surface area contributed by atoms with E-state index in [1.54, 1.807) is 22.0 Å². The van der Waals surface area contributed by atoms with E-state index in [-0.39, 0.29) is 29.2 Å². The van der Waals surface area contributed by atoms with Crippen LogP contribution >= 0.6 is 11.6 Å². The maximum absolute atomic E-state index is 14.7. The number of amides is 2. The van der Waals surface area contributed by atoms with Gasteiger partial charge in [-0.2, -0.15) is 18.3 Å². The molecule has 3 atom stereocenters. The van der Waals surface area contributed by atoms with Crippen LogP contribution in [0.4, 0.5) is 29.2 Å². The molecule has 1 saturated heterocycles. The average Bonchev–Trinajstić information content (AvgIpc) is 3.45. The molecule has 10 nitrogen and oxygen atoms in total. The van der Waals surface area contributed by atoms with Gasteiger partial charge in [-0.25, -0.2) is 19.3 Å². The highest BCUT2D eigenvalue weighted by Crippen LogP contribution is 2.46. The van der Waals surface area contributed by atoms with E-state index in [9.17, 15) is 27.2 Å². The first kappa shape index (κ1) is 26.7. The Hall–Kier alpha value is -4.46. The van der Waals surface area contributed by atoms with E-state index >= 15 is 0 Å². The quantitative estimate of drug-likeness (QED) is 0.323. The summed E-state index contributed by atoms with van der Waals surface area (Å²) in [6.07, 6.45) is 4.09. The molecule has 1 aliphatic heterocycles. The third-order valence-electron chi connectivity index (χ3n) is 7.08. The van der Waals surface area contributed by atoms with Crippen LogP contribution in [-0.2, 0) is 11.0 Å². The smallest absolute Gasteiger partial charge is 0.318 e. The van der Waals surface area contributed by atoms with Gasteiger partial charge < -0.3 is 5.32 Å². The van der Waals surface area contributed by atoms with E-state index in [2.05, 4.69) is 30.4 Å². The van der Waals surface area contributed by atoms with Crippen molar-refractivity contribution in [3.8, 4) is 11.3 Å². The van der Waals surface area contributed by atoms with Gasteiger partial charge in [0.15, 0.2) is 5.82 Å². The minimum absolute atomic E-state index is 0.0528. The van der Waals surface area contributed by atoms with E-state index in [0.29, 0.717) is 30.0 Å². The van der Waals surface area contributed by atoms with Gasteiger partial charge in [0.1, 0.15) is 5.69 Å². The summed E-state index contributed by atoms with van der Waals surface area (Å²) in [5.41, 5.74) is -2.11. The normalized spacial score (nSPS) is 18.8. The lowest BCUT2D eigenvalue weighted by Gasteiger charge is -2.17. The van der Waals surface area contributed by atoms with Gasteiger partial charge in [0.2, 0.25) is 11.9 Å². The molecule has 0 bridgehead atoms. The summed E-state index contributed by atoms with van der Waals surface area (Å²) in [6.45, 7) is 2.46. The van der Waals surface area contributed by atoms with Crippen molar-refractivity contribution in [1.29, 1.82) is 0 Å². The number of nitrogens with one attached hydrogen (secondary N) is 1. The minimum atomic E-state index is -4.90. The number of hydrogen-bond donors (Lipinski definition) is 1. The highest BCUT2D eigenvalue weighted by Gasteiger charge is 2.53. The van der Waals surface area contributed by atoms with Gasteiger partial charge in [0.25, 0.3) is 5.91 Å². The Labute approximate surface area is 234 Å². The molecule has 4 aromatic rings. The molecule has 2 amide bonds. The van der Waals surface area contributed by atoms with Crippen molar-refractivity contribution >= 4 is 35.1 Å². The SMILES string of the molecule is CC(c1cnc(N2CC3CC3C2=O)nc1)n1cc(NC(=O)c2cncc(-c3c(C(F)(F)F)ccc(Cl)c3F)n2)cn1. The third kappa shape index (κ3) is 4.99. The summed E-state index contributed by atoms with van der Waals surface area (Å²) in [5, 5.41) is 6.27. The maximum atomic E-state index is 14.7. The lowest BCUT2D eigenvalue weighted by atomic mass is 10.0. The fourth-order valence-corrected chi connectivity index (χ4v) is 4.90. The van der Waals surface area contributed by atoms with Gasteiger partial charge in [-0.3, -0.25) is 24.2 Å². The lowest BCUT2D eigenvalue weighted by molar-refractivity contribution is -0.137. The Morgan fingerprint density at radius 1 is 1.15 bits per heavy atom. The number of aromatic nitrogens is 6. The molecule has 0 spiro atoms. The Kier molecular flexibility index (Phi) is 6.44. The predicted octanol–water partition coefficient (Wildman–Crippen LogP) is 4.79. The predicted molar refractivity (Wildman–Crippen MR) is 137 cm³/mol. The molecule has 2 aliphatic rings. The number of benzene rings is 1. The number of alkyl halides is 3. The number of carbonyl (C=O) groups excluding carboxylic acids is 2. The second kappa shape index (κ2) is 9.87. The number of piperidine rings is 1. The molecule has 1 aliphatic carbocycles. The molecule has 2 fully saturated rings. The zero-order valence-electron chi connectivity index (χ0n) is 21.1. The highest BCUT2D eigenvalue weighted by atomic mass is 35.5. The van der Waals surface area contributed by atoms with E-state index in [4.69, 9.17) is 11.6 Å². The zero-order valence-corrected chi connectivity index (χ0v) is 21.9. The second-order valence-electron chi connectivity index (χ2n) is 9.78. The fourth-order valence-electron chi connectivity index (χ4n) is 4.74. The monoisotopic (exact) mass is 586 g/mol. The van der Waals surface area contributed by atoms with Crippen molar-refractivity contribution in [1.82, 2.24) is 29.7 Å². The first-order valence-corrected chi connectivity index (χ1v) is 12.8. The summed E-state index contributed by atoms with van der Waals surface area (Å²) in [5.74, 6) is -1.23. The van der Waals surface area contributed by atoms with Crippen LogP contribution < -0.4 is 10.2 Å². The molecular weight excluding hydrogens is 568 g/mol. The number of carbonyl (C=O) groups is 2. The molecule has 3 aromatic heterocycles. The van der Waals surface area contributed by atoms with Crippen molar-refractivity contribution in [2.75, 3.05) is 16.8 Å². The maximum Gasteiger partial charge on any atom is 0.417 e. The fraction of sp³-hybridized carbons (Fsp3) is 0.269. The largest absolute Gasteiger partial charge is 0.417 e. The van der Waals surface area contributed by atoms with E-state index in [0.717, 1.165) is 24.9 Å². The molecule has 0 radical (unpaired) electrons. The van der Waals surface area contributed by atoms with Gasteiger partial charge in [0, 0.05) is 36.6 Å². The van der Waals surface area contributed by atoms with Crippen molar-refractivity contribution in [2.45, 2.75) is 25.6 Å². The minimum Gasteiger partial charge on any atom is -0.318 e. The molecular formula is C26H19ClF4N8O2. The van der Waals surface area contributed by atoms with Gasteiger partial charge in [0.05, 0.1) is 52.2 Å². The van der Waals surface area contributed by atoms with Crippen molar-refractivity contribution < 1.29 is 27.2 Å². The van der Waals surface area contributed by atoms with E-state index < -0.39 is 39.7 Å². The molecule has 4 heterocycles. The summed E-state index contributed by atoms with van der Waals surface area (Å²) in [6, 6.07) is 1.09. The number of halogens is 5. The number of nitrogens with zero attached hydrogens (tertiary/aromatic N) is 7. The Morgan fingerprint density at radius 3 is 2.59 bits per heavy atom. The first-order chi connectivity index (χ1) is 19.5. The lowest BCUT2D eigenvalue weighted by Crippen LogP contribution is -2.29. The Bertz CT molecular complexity index is 1680. The number of anilines is 2. The molecule has 15 heteroatoms. The standard InChI is InChI=1S/C26H19ClF4N8O2/c1-12(14-5-33-25(34-6-14)38-10-13-4-16(13)24(38)41)39-11-15(7-35-39)36-23(40)20-9-32-8-19(37-20)21-17(26(29,30)31)2-3-18(27)22(21)28/h2-3,5-9,11-13,16H,4,10H2,1H3,(H,36,40). The molecule has 1 N–H and O–H groups in total. The zero-order chi connectivity index (χ0) is 29.1. The van der Waals surface area contributed by atoms with Crippen LogP contribution in [0.3, 0.4) is 0 Å². The number of fused-ring (bicyclic) bond motifs is 1. The third-order valence-corrected chi connectivity index (χ3v) is 7.38. The average molecular weight is 587 g/mol. The van der Waals surface area contributed by atoms with Crippen LogP contribution in [0.2, 0.25) is 5.02 Å². The molecule has 41 heavy (non-hydrogen) atoms. The molecule has 1 aromatic carbocycles. The van der Waals surface area contributed by atoms with Crippen LogP contribution in [0, 0.1) is 17.7 Å². The van der Waals surface area contributed by atoms with Crippen LogP contribution in [0.5, 0.6) is 0 Å². The van der Waals surface area contributed by atoms with Crippen molar-refractivity contribution in [3.05, 3.63) is 77.0 Å². The van der Waals surface area contributed by atoms with Gasteiger partial charge >= 0.3 is 6.18 Å². The van der Waals surface area contributed by atoms with Crippen molar-refractivity contribution in [2.24, 2.45) is 11.8 Å². The molecule has 6 rings (SSSR count). The van der Waals surface area contributed by atoms with E-state index in [1.807, 2.05) is 6.92 Å².